The fraction of sp³-hybridized carbons (Fsp3) is 0.462. The summed E-state index contributed by atoms with van der Waals surface area (Å²) in [6.45, 7) is 1.99. The normalized spacial score (nSPS) is 19.2. The van der Waals surface area contributed by atoms with Gasteiger partial charge in [0.2, 0.25) is 0 Å². The SMILES string of the molecule is CSc1cccc(N2CCC(CO)C2)c1C(=N)N. The number of nitrogens with two attached hydrogens (primary N) is 1. The van der Waals surface area contributed by atoms with Crippen LogP contribution in [0.2, 0.25) is 0 Å². The third kappa shape index (κ3) is 2.47. The summed E-state index contributed by atoms with van der Waals surface area (Å²) >= 11 is 1.61. The molecule has 1 aliphatic rings. The minimum atomic E-state index is 0.113. The maximum Gasteiger partial charge on any atom is 0.126 e. The van der Waals surface area contributed by atoms with Gasteiger partial charge in [-0.15, -0.1) is 11.8 Å². The molecule has 4 nitrogen and oxygen atoms in total. The van der Waals surface area contributed by atoms with Gasteiger partial charge < -0.3 is 15.7 Å². The van der Waals surface area contributed by atoms with E-state index in [1.165, 1.54) is 0 Å². The lowest BCUT2D eigenvalue weighted by Crippen LogP contribution is -2.25. The van der Waals surface area contributed by atoms with E-state index in [9.17, 15) is 5.11 Å². The van der Waals surface area contributed by atoms with Crippen LogP contribution in [0.25, 0.3) is 0 Å². The molecule has 0 bridgehead atoms. The molecule has 1 fully saturated rings. The van der Waals surface area contributed by atoms with Crippen molar-refractivity contribution in [1.29, 1.82) is 5.41 Å². The first-order valence-electron chi connectivity index (χ1n) is 6.04. The highest BCUT2D eigenvalue weighted by Gasteiger charge is 2.25. The van der Waals surface area contributed by atoms with E-state index in [-0.39, 0.29) is 12.4 Å². The standard InChI is InChI=1S/C13H19N3OS/c1-18-11-4-2-3-10(12(11)13(14)15)16-6-5-9(7-16)8-17/h2-4,9,17H,5-8H2,1H3,(H3,14,15). The molecular formula is C13H19N3OS. The number of rotatable bonds is 4. The second-order valence-electron chi connectivity index (χ2n) is 4.55. The summed E-state index contributed by atoms with van der Waals surface area (Å²) in [5.74, 6) is 0.449. The molecule has 5 heteroatoms. The van der Waals surface area contributed by atoms with Gasteiger partial charge in [-0.2, -0.15) is 0 Å². The Labute approximate surface area is 112 Å². The molecule has 18 heavy (non-hydrogen) atoms. The van der Waals surface area contributed by atoms with Crippen molar-refractivity contribution in [3.63, 3.8) is 0 Å². The predicted molar refractivity (Wildman–Crippen MR) is 76.6 cm³/mol. The van der Waals surface area contributed by atoms with Crippen molar-refractivity contribution in [1.82, 2.24) is 0 Å². The smallest absolute Gasteiger partial charge is 0.126 e. The highest BCUT2D eigenvalue weighted by Crippen LogP contribution is 2.32. The van der Waals surface area contributed by atoms with Crippen molar-refractivity contribution in [2.45, 2.75) is 11.3 Å². The highest BCUT2D eigenvalue weighted by molar-refractivity contribution is 7.98. The van der Waals surface area contributed by atoms with E-state index >= 15 is 0 Å². The molecular weight excluding hydrogens is 246 g/mol. The van der Waals surface area contributed by atoms with Crippen LogP contribution in [0, 0.1) is 11.3 Å². The van der Waals surface area contributed by atoms with Gasteiger partial charge in [0.15, 0.2) is 0 Å². The summed E-state index contributed by atoms with van der Waals surface area (Å²) in [4.78, 5) is 3.25. The summed E-state index contributed by atoms with van der Waals surface area (Å²) in [6.07, 6.45) is 2.99. The molecule has 1 aromatic carbocycles. The Morgan fingerprint density at radius 2 is 2.39 bits per heavy atom. The van der Waals surface area contributed by atoms with Crippen LogP contribution in [0.5, 0.6) is 0 Å². The summed E-state index contributed by atoms with van der Waals surface area (Å²) < 4.78 is 0. The first-order valence-corrected chi connectivity index (χ1v) is 7.27. The van der Waals surface area contributed by atoms with Gasteiger partial charge in [-0.25, -0.2) is 0 Å². The fourth-order valence-corrected chi connectivity index (χ4v) is 3.06. The predicted octanol–water partition coefficient (Wildman–Crippen LogP) is 1.51. The number of nitrogen functional groups attached to an aromatic ring is 1. The molecule has 0 radical (unpaired) electrons. The summed E-state index contributed by atoms with van der Waals surface area (Å²) in [7, 11) is 0. The van der Waals surface area contributed by atoms with Gasteiger partial charge in [0, 0.05) is 36.2 Å². The number of amidine groups is 1. The van der Waals surface area contributed by atoms with Crippen LogP contribution < -0.4 is 10.6 Å². The minimum absolute atomic E-state index is 0.113. The van der Waals surface area contributed by atoms with Crippen molar-refractivity contribution >= 4 is 23.3 Å². The van der Waals surface area contributed by atoms with E-state index in [0.717, 1.165) is 35.7 Å². The number of benzene rings is 1. The molecule has 0 aromatic heterocycles. The number of nitrogens with zero attached hydrogens (tertiary/aromatic N) is 1. The van der Waals surface area contributed by atoms with E-state index in [4.69, 9.17) is 11.1 Å². The van der Waals surface area contributed by atoms with Crippen molar-refractivity contribution in [2.24, 2.45) is 11.7 Å². The number of nitrogens with one attached hydrogen (secondary N) is 1. The summed E-state index contributed by atoms with van der Waals surface area (Å²) in [5, 5.41) is 17.0. The second-order valence-corrected chi connectivity index (χ2v) is 5.40. The summed E-state index contributed by atoms with van der Waals surface area (Å²) in [5.41, 5.74) is 7.56. The molecule has 4 N–H and O–H groups in total. The number of hydrogen-bond acceptors (Lipinski definition) is 4. The van der Waals surface area contributed by atoms with Gasteiger partial charge in [-0.3, -0.25) is 5.41 Å². The van der Waals surface area contributed by atoms with Gasteiger partial charge in [0.1, 0.15) is 5.84 Å². The quantitative estimate of drug-likeness (QED) is 0.438. The van der Waals surface area contributed by atoms with Crippen molar-refractivity contribution in [3.05, 3.63) is 23.8 Å². The van der Waals surface area contributed by atoms with Crippen LogP contribution in [-0.2, 0) is 0 Å². The Bertz CT molecular complexity index is 450. The van der Waals surface area contributed by atoms with Crippen LogP contribution in [0.3, 0.4) is 0 Å². The van der Waals surface area contributed by atoms with Crippen LogP contribution in [0.15, 0.2) is 23.1 Å². The molecule has 98 valence electrons. The van der Waals surface area contributed by atoms with E-state index in [1.54, 1.807) is 11.8 Å². The first-order chi connectivity index (χ1) is 8.67. The number of anilines is 1. The molecule has 0 saturated carbocycles. The zero-order valence-electron chi connectivity index (χ0n) is 10.5. The molecule has 0 aliphatic carbocycles. The lowest BCUT2D eigenvalue weighted by molar-refractivity contribution is 0.238. The number of thioether (sulfide) groups is 1. The van der Waals surface area contributed by atoms with Crippen LogP contribution in [-0.4, -0.2) is 36.9 Å². The maximum atomic E-state index is 9.21. The Morgan fingerprint density at radius 3 is 2.94 bits per heavy atom. The Balaban J connectivity index is 2.36. The topological polar surface area (TPSA) is 73.3 Å². The zero-order valence-corrected chi connectivity index (χ0v) is 11.3. The van der Waals surface area contributed by atoms with Gasteiger partial charge in [0.25, 0.3) is 0 Å². The molecule has 1 heterocycles. The molecule has 1 atom stereocenters. The largest absolute Gasteiger partial charge is 0.396 e. The van der Waals surface area contributed by atoms with E-state index < -0.39 is 0 Å². The zero-order chi connectivity index (χ0) is 13.1. The molecule has 0 spiro atoms. The Kier molecular flexibility index (Phi) is 4.14. The molecule has 1 saturated heterocycles. The molecule has 1 unspecified atom stereocenters. The average Bonchev–Trinajstić information content (AvgIpc) is 2.86. The monoisotopic (exact) mass is 265 g/mol. The second kappa shape index (κ2) is 5.63. The molecule has 0 amide bonds. The van der Waals surface area contributed by atoms with Gasteiger partial charge in [-0.1, -0.05) is 6.07 Å². The van der Waals surface area contributed by atoms with Crippen molar-refractivity contribution < 1.29 is 5.11 Å². The van der Waals surface area contributed by atoms with Crippen LogP contribution >= 0.6 is 11.8 Å². The van der Waals surface area contributed by atoms with Crippen LogP contribution in [0.1, 0.15) is 12.0 Å². The molecule has 2 rings (SSSR count). The van der Waals surface area contributed by atoms with Crippen molar-refractivity contribution in [3.8, 4) is 0 Å². The molecule has 1 aliphatic heterocycles. The van der Waals surface area contributed by atoms with Crippen LogP contribution in [0.4, 0.5) is 5.69 Å². The number of hydrogen-bond donors (Lipinski definition) is 3. The fourth-order valence-electron chi connectivity index (χ4n) is 2.42. The van der Waals surface area contributed by atoms with E-state index in [1.807, 2.05) is 24.5 Å². The van der Waals surface area contributed by atoms with Gasteiger partial charge >= 0.3 is 0 Å². The lowest BCUT2D eigenvalue weighted by atomic mass is 10.1. The lowest BCUT2D eigenvalue weighted by Gasteiger charge is -2.23. The maximum absolute atomic E-state index is 9.21. The number of aliphatic hydroxyl groups excluding tert-OH is 1. The Morgan fingerprint density at radius 1 is 1.61 bits per heavy atom. The van der Waals surface area contributed by atoms with Gasteiger partial charge in [-0.05, 0) is 24.8 Å². The third-order valence-corrected chi connectivity index (χ3v) is 4.16. The summed E-state index contributed by atoms with van der Waals surface area (Å²) in [6, 6.07) is 6.00. The molecule has 1 aromatic rings. The van der Waals surface area contributed by atoms with Crippen molar-refractivity contribution in [2.75, 3.05) is 30.9 Å². The third-order valence-electron chi connectivity index (χ3n) is 3.38. The Hall–Kier alpha value is -1.20. The number of aliphatic hydroxyl groups is 1. The van der Waals surface area contributed by atoms with E-state index in [2.05, 4.69) is 4.90 Å². The highest BCUT2D eigenvalue weighted by atomic mass is 32.2. The average molecular weight is 265 g/mol. The first kappa shape index (κ1) is 13.2. The minimum Gasteiger partial charge on any atom is -0.396 e. The van der Waals surface area contributed by atoms with E-state index in [0.29, 0.717) is 5.92 Å². The van der Waals surface area contributed by atoms with Gasteiger partial charge in [0.05, 0.1) is 5.56 Å².